The van der Waals surface area contributed by atoms with Crippen LogP contribution in [0.15, 0.2) is 22.7 Å². The van der Waals surface area contributed by atoms with Crippen molar-refractivity contribution in [2.24, 2.45) is 5.92 Å². The van der Waals surface area contributed by atoms with Crippen LogP contribution in [-0.4, -0.2) is 6.61 Å². The number of halogens is 2. The third-order valence-corrected chi connectivity index (χ3v) is 2.87. The van der Waals surface area contributed by atoms with Gasteiger partial charge in [-0.05, 0) is 30.5 Å². The third-order valence-electron chi connectivity index (χ3n) is 2.37. The molecule has 0 aromatic heterocycles. The van der Waals surface area contributed by atoms with Crippen LogP contribution >= 0.6 is 15.9 Å². The van der Waals surface area contributed by atoms with Gasteiger partial charge in [-0.1, -0.05) is 28.8 Å². The largest absolute Gasteiger partial charge is 0.490 e. The molecular weight excluding hydrogens is 247 g/mol. The van der Waals surface area contributed by atoms with Gasteiger partial charge in [0, 0.05) is 4.47 Å². The molecule has 14 heavy (non-hydrogen) atoms. The highest BCUT2D eigenvalue weighted by molar-refractivity contribution is 9.10. The van der Waals surface area contributed by atoms with Gasteiger partial charge in [0.1, 0.15) is 0 Å². The van der Waals surface area contributed by atoms with Crippen molar-refractivity contribution in [3.05, 3.63) is 28.5 Å². The first-order valence-electron chi connectivity index (χ1n) is 4.83. The van der Waals surface area contributed by atoms with E-state index in [-0.39, 0.29) is 5.82 Å². The summed E-state index contributed by atoms with van der Waals surface area (Å²) in [6.45, 7) is 0.623. The van der Waals surface area contributed by atoms with Gasteiger partial charge in [-0.15, -0.1) is 0 Å². The number of ether oxygens (including phenoxy) is 1. The molecule has 0 saturated heterocycles. The molecule has 0 N–H and O–H groups in total. The van der Waals surface area contributed by atoms with E-state index in [0.717, 1.165) is 16.8 Å². The van der Waals surface area contributed by atoms with Gasteiger partial charge in [-0.2, -0.15) is 0 Å². The molecule has 1 aliphatic carbocycles. The maximum Gasteiger partial charge on any atom is 0.165 e. The van der Waals surface area contributed by atoms with E-state index in [4.69, 9.17) is 4.74 Å². The molecule has 76 valence electrons. The summed E-state index contributed by atoms with van der Waals surface area (Å²) in [5.74, 6) is 0.884. The van der Waals surface area contributed by atoms with Crippen LogP contribution in [0, 0.1) is 11.7 Å². The van der Waals surface area contributed by atoms with Crippen molar-refractivity contribution in [2.75, 3.05) is 6.61 Å². The van der Waals surface area contributed by atoms with Crippen LogP contribution in [-0.2, 0) is 0 Å². The van der Waals surface area contributed by atoms with Crippen molar-refractivity contribution < 1.29 is 9.13 Å². The SMILES string of the molecule is Fc1ccc(Br)cc1OCCC1CC1. The number of benzene rings is 1. The Bertz CT molecular complexity index is 323. The van der Waals surface area contributed by atoms with E-state index in [0.29, 0.717) is 12.4 Å². The van der Waals surface area contributed by atoms with Gasteiger partial charge in [-0.25, -0.2) is 4.39 Å². The van der Waals surface area contributed by atoms with Crippen LogP contribution in [0.25, 0.3) is 0 Å². The molecule has 0 radical (unpaired) electrons. The van der Waals surface area contributed by atoms with Crippen LogP contribution in [0.5, 0.6) is 5.75 Å². The molecule has 0 aliphatic heterocycles. The van der Waals surface area contributed by atoms with Crippen LogP contribution in [0.3, 0.4) is 0 Å². The smallest absolute Gasteiger partial charge is 0.165 e. The highest BCUT2D eigenvalue weighted by Crippen LogP contribution is 2.32. The second kappa shape index (κ2) is 4.30. The highest BCUT2D eigenvalue weighted by Gasteiger charge is 2.20. The molecule has 1 fully saturated rings. The standard InChI is InChI=1S/C11H12BrFO/c12-9-3-4-10(13)11(7-9)14-6-5-8-1-2-8/h3-4,7-8H,1-2,5-6H2. The number of hydrogen-bond acceptors (Lipinski definition) is 1. The third kappa shape index (κ3) is 2.71. The summed E-state index contributed by atoms with van der Waals surface area (Å²) in [7, 11) is 0. The van der Waals surface area contributed by atoms with E-state index in [9.17, 15) is 4.39 Å². The highest BCUT2D eigenvalue weighted by atomic mass is 79.9. The van der Waals surface area contributed by atoms with Gasteiger partial charge in [0.05, 0.1) is 6.61 Å². The molecule has 0 bridgehead atoms. The predicted molar refractivity (Wildman–Crippen MR) is 56.9 cm³/mol. The number of rotatable bonds is 4. The van der Waals surface area contributed by atoms with E-state index in [1.165, 1.54) is 18.9 Å². The van der Waals surface area contributed by atoms with E-state index in [2.05, 4.69) is 15.9 Å². The minimum absolute atomic E-state index is 0.288. The van der Waals surface area contributed by atoms with Crippen molar-refractivity contribution in [3.63, 3.8) is 0 Å². The average Bonchev–Trinajstić information content (AvgIpc) is 2.95. The Labute approximate surface area is 91.4 Å². The zero-order chi connectivity index (χ0) is 9.97. The van der Waals surface area contributed by atoms with Gasteiger partial charge in [0.15, 0.2) is 11.6 Å². The maximum atomic E-state index is 13.2. The monoisotopic (exact) mass is 258 g/mol. The van der Waals surface area contributed by atoms with Crippen molar-refractivity contribution in [1.29, 1.82) is 0 Å². The van der Waals surface area contributed by atoms with Crippen molar-refractivity contribution in [3.8, 4) is 5.75 Å². The Balaban J connectivity index is 1.89. The van der Waals surface area contributed by atoms with Crippen molar-refractivity contribution in [2.45, 2.75) is 19.3 Å². The normalized spacial score (nSPS) is 15.6. The number of hydrogen-bond donors (Lipinski definition) is 0. The molecular formula is C11H12BrFO. The molecule has 3 heteroatoms. The van der Waals surface area contributed by atoms with Gasteiger partial charge < -0.3 is 4.74 Å². The summed E-state index contributed by atoms with van der Waals surface area (Å²) in [4.78, 5) is 0. The van der Waals surface area contributed by atoms with Crippen molar-refractivity contribution >= 4 is 15.9 Å². The van der Waals surface area contributed by atoms with E-state index < -0.39 is 0 Å². The molecule has 0 atom stereocenters. The van der Waals surface area contributed by atoms with Gasteiger partial charge in [0.2, 0.25) is 0 Å². The summed E-state index contributed by atoms with van der Waals surface area (Å²) in [6, 6.07) is 4.75. The fourth-order valence-electron chi connectivity index (χ4n) is 1.33. The van der Waals surface area contributed by atoms with Crippen LogP contribution in [0.1, 0.15) is 19.3 Å². The summed E-state index contributed by atoms with van der Waals surface area (Å²) in [6.07, 6.45) is 3.67. The Kier molecular flexibility index (Phi) is 3.06. The van der Waals surface area contributed by atoms with E-state index in [1.54, 1.807) is 12.1 Å². The van der Waals surface area contributed by atoms with Gasteiger partial charge in [-0.3, -0.25) is 0 Å². The van der Waals surface area contributed by atoms with Crippen molar-refractivity contribution in [1.82, 2.24) is 0 Å². The average molecular weight is 259 g/mol. The lowest BCUT2D eigenvalue weighted by atomic mass is 10.3. The summed E-state index contributed by atoms with van der Waals surface area (Å²) >= 11 is 3.28. The van der Waals surface area contributed by atoms with Crippen LogP contribution in [0.4, 0.5) is 4.39 Å². The van der Waals surface area contributed by atoms with E-state index >= 15 is 0 Å². The lowest BCUT2D eigenvalue weighted by molar-refractivity contribution is 0.288. The lowest BCUT2D eigenvalue weighted by Crippen LogP contribution is -1.99. The molecule has 1 aromatic rings. The Morgan fingerprint density at radius 2 is 2.21 bits per heavy atom. The first kappa shape index (κ1) is 9.97. The Hall–Kier alpha value is -0.570. The minimum atomic E-state index is -0.288. The van der Waals surface area contributed by atoms with Gasteiger partial charge >= 0.3 is 0 Å². The molecule has 0 heterocycles. The molecule has 0 unspecified atom stereocenters. The molecule has 1 aliphatic rings. The summed E-state index contributed by atoms with van der Waals surface area (Å²) in [5, 5.41) is 0. The predicted octanol–water partition coefficient (Wildman–Crippen LogP) is 3.77. The zero-order valence-electron chi connectivity index (χ0n) is 7.80. The first-order valence-corrected chi connectivity index (χ1v) is 5.63. The second-order valence-electron chi connectivity index (χ2n) is 3.66. The van der Waals surface area contributed by atoms with Crippen LogP contribution < -0.4 is 4.74 Å². The summed E-state index contributed by atoms with van der Waals surface area (Å²) in [5.41, 5.74) is 0. The fourth-order valence-corrected chi connectivity index (χ4v) is 1.67. The van der Waals surface area contributed by atoms with E-state index in [1.807, 2.05) is 0 Å². The maximum absolute atomic E-state index is 13.2. The molecule has 1 nitrogen and oxygen atoms in total. The molecule has 1 aromatic carbocycles. The topological polar surface area (TPSA) is 9.23 Å². The molecule has 2 rings (SSSR count). The Morgan fingerprint density at radius 1 is 1.43 bits per heavy atom. The van der Waals surface area contributed by atoms with Gasteiger partial charge in [0.25, 0.3) is 0 Å². The quantitative estimate of drug-likeness (QED) is 0.799. The first-order chi connectivity index (χ1) is 6.75. The molecule has 0 amide bonds. The fraction of sp³-hybridized carbons (Fsp3) is 0.455. The lowest BCUT2D eigenvalue weighted by Gasteiger charge is -2.06. The molecule has 0 spiro atoms. The van der Waals surface area contributed by atoms with Crippen LogP contribution in [0.2, 0.25) is 0 Å². The minimum Gasteiger partial charge on any atom is -0.490 e. The zero-order valence-corrected chi connectivity index (χ0v) is 9.39. The Morgan fingerprint density at radius 3 is 2.93 bits per heavy atom. The second-order valence-corrected chi connectivity index (χ2v) is 4.57. The molecule has 1 saturated carbocycles. The summed E-state index contributed by atoms with van der Waals surface area (Å²) < 4.78 is 19.4.